The van der Waals surface area contributed by atoms with Crippen LogP contribution in [0.2, 0.25) is 0 Å². The van der Waals surface area contributed by atoms with Crippen molar-refractivity contribution in [2.45, 2.75) is 38.8 Å². The van der Waals surface area contributed by atoms with Gasteiger partial charge in [-0.2, -0.15) is 0 Å². The van der Waals surface area contributed by atoms with Crippen LogP contribution < -0.4 is 15.7 Å². The van der Waals surface area contributed by atoms with E-state index < -0.39 is 23.7 Å². The predicted octanol–water partition coefficient (Wildman–Crippen LogP) is 5.34. The number of hydrogen-bond acceptors (Lipinski definition) is 6. The quantitative estimate of drug-likeness (QED) is 0.165. The van der Waals surface area contributed by atoms with Crippen molar-refractivity contribution in [1.29, 1.82) is 0 Å². The summed E-state index contributed by atoms with van der Waals surface area (Å²) < 4.78 is 16.2. The fraction of sp³-hybridized carbons (Fsp3) is 0.222. The number of amides is 1. The van der Waals surface area contributed by atoms with E-state index >= 15 is 0 Å². The summed E-state index contributed by atoms with van der Waals surface area (Å²) >= 11 is 0. The Balaban J connectivity index is 1.47. The van der Waals surface area contributed by atoms with E-state index in [9.17, 15) is 14.4 Å². The Kier molecular flexibility index (Phi) is 7.22. The minimum Gasteiger partial charge on any atom is -0.445 e. The van der Waals surface area contributed by atoms with Gasteiger partial charge in [-0.15, -0.1) is 0 Å². The highest BCUT2D eigenvalue weighted by Gasteiger charge is 2.23. The van der Waals surface area contributed by atoms with Crippen molar-refractivity contribution in [3.05, 3.63) is 88.8 Å². The van der Waals surface area contributed by atoms with Gasteiger partial charge in [0, 0.05) is 11.5 Å². The lowest BCUT2D eigenvalue weighted by Crippen LogP contribution is -2.43. The molecule has 0 bridgehead atoms. The molecule has 7 heteroatoms. The molecule has 34 heavy (non-hydrogen) atoms. The van der Waals surface area contributed by atoms with Crippen LogP contribution in [0.1, 0.15) is 31.7 Å². The zero-order chi connectivity index (χ0) is 23.9. The number of unbranched alkanes of at least 4 members (excludes halogenated alkanes) is 1. The Bertz CT molecular complexity index is 1360. The molecule has 0 radical (unpaired) electrons. The Labute approximate surface area is 196 Å². The number of esters is 1. The van der Waals surface area contributed by atoms with Crippen LogP contribution >= 0.6 is 0 Å². The summed E-state index contributed by atoms with van der Waals surface area (Å²) in [6.07, 6.45) is 1.27. The van der Waals surface area contributed by atoms with E-state index in [2.05, 4.69) is 5.32 Å². The van der Waals surface area contributed by atoms with Crippen molar-refractivity contribution in [2.24, 2.45) is 0 Å². The van der Waals surface area contributed by atoms with Crippen molar-refractivity contribution in [2.75, 3.05) is 0 Å². The smallest absolute Gasteiger partial charge is 0.408 e. The van der Waals surface area contributed by atoms with E-state index in [0.29, 0.717) is 17.4 Å². The number of nitrogens with one attached hydrogen (secondary N) is 1. The number of carbonyl (C=O) groups excluding carboxylic acids is 2. The van der Waals surface area contributed by atoms with E-state index in [-0.39, 0.29) is 12.4 Å². The van der Waals surface area contributed by atoms with Crippen LogP contribution in [0.4, 0.5) is 4.79 Å². The molecule has 0 saturated heterocycles. The zero-order valence-electron chi connectivity index (χ0n) is 18.8. The Morgan fingerprint density at radius 1 is 0.941 bits per heavy atom. The molecule has 0 aliphatic heterocycles. The second kappa shape index (κ2) is 10.7. The molecule has 0 aliphatic rings. The average molecular weight is 459 g/mol. The molecule has 1 N–H and O–H groups in total. The summed E-state index contributed by atoms with van der Waals surface area (Å²) in [5.74, 6) is -0.399. The lowest BCUT2D eigenvalue weighted by Gasteiger charge is -2.17. The van der Waals surface area contributed by atoms with E-state index in [1.807, 2.05) is 49.4 Å². The number of benzene rings is 3. The van der Waals surface area contributed by atoms with E-state index in [0.717, 1.165) is 29.2 Å². The van der Waals surface area contributed by atoms with E-state index in [1.165, 1.54) is 6.07 Å². The second-order valence-electron chi connectivity index (χ2n) is 7.92. The summed E-state index contributed by atoms with van der Waals surface area (Å²) in [7, 11) is 0. The molecule has 4 aromatic rings. The zero-order valence-corrected chi connectivity index (χ0v) is 18.8. The summed E-state index contributed by atoms with van der Waals surface area (Å²) in [4.78, 5) is 37.5. The molecule has 0 fully saturated rings. The molecule has 0 spiro atoms. The van der Waals surface area contributed by atoms with Gasteiger partial charge in [0.15, 0.2) is 0 Å². The molecule has 1 atom stereocenters. The first-order valence-electron chi connectivity index (χ1n) is 11.2. The molecule has 0 saturated carbocycles. The Morgan fingerprint density at radius 3 is 2.44 bits per heavy atom. The van der Waals surface area contributed by atoms with Gasteiger partial charge in [-0.25, -0.2) is 14.4 Å². The molecule has 1 heterocycles. The highest BCUT2D eigenvalue weighted by Crippen LogP contribution is 2.26. The summed E-state index contributed by atoms with van der Waals surface area (Å²) in [6, 6.07) is 20.4. The van der Waals surface area contributed by atoms with Gasteiger partial charge in [0.05, 0.1) is 5.39 Å². The van der Waals surface area contributed by atoms with Gasteiger partial charge in [-0.3, -0.25) is 0 Å². The third-order valence-corrected chi connectivity index (χ3v) is 5.45. The number of hydrogen-bond donors (Lipinski definition) is 1. The largest absolute Gasteiger partial charge is 0.445 e. The van der Waals surface area contributed by atoms with Crippen LogP contribution in [0.5, 0.6) is 5.75 Å². The molecule has 1 amide bonds. The first-order valence-corrected chi connectivity index (χ1v) is 11.2. The molecule has 4 rings (SSSR count). The molecule has 1 aromatic heterocycles. The van der Waals surface area contributed by atoms with Gasteiger partial charge in [0.2, 0.25) is 0 Å². The van der Waals surface area contributed by atoms with Gasteiger partial charge in [0.25, 0.3) is 0 Å². The summed E-state index contributed by atoms with van der Waals surface area (Å²) in [6.45, 7) is 2.09. The first-order chi connectivity index (χ1) is 16.5. The fourth-order valence-corrected chi connectivity index (χ4v) is 3.68. The number of carbonyl (C=O) groups is 2. The standard InChI is InChI=1S/C27H25NO6/c1-2-3-13-23(28-27(31)32-17-18-9-5-4-6-10-18)26(30)33-19-14-15-21-20-11-7-8-12-22(20)25(29)34-24(21)16-19/h4-12,14-16,23H,2-3,13,17H2,1H3,(H,28,31)/t23-/m1/s1. The van der Waals surface area contributed by atoms with Gasteiger partial charge in [-0.05, 0) is 35.6 Å². The van der Waals surface area contributed by atoms with Crippen LogP contribution in [-0.4, -0.2) is 18.1 Å². The van der Waals surface area contributed by atoms with Gasteiger partial charge in [0.1, 0.15) is 24.0 Å². The van der Waals surface area contributed by atoms with Gasteiger partial charge >= 0.3 is 17.7 Å². The van der Waals surface area contributed by atoms with Crippen LogP contribution in [-0.2, 0) is 16.1 Å². The third-order valence-electron chi connectivity index (χ3n) is 5.45. The number of alkyl carbamates (subject to hydrolysis) is 1. The van der Waals surface area contributed by atoms with Crippen LogP contribution in [0.25, 0.3) is 21.7 Å². The van der Waals surface area contributed by atoms with Crippen molar-refractivity contribution in [3.8, 4) is 5.75 Å². The maximum atomic E-state index is 12.9. The molecular weight excluding hydrogens is 434 g/mol. The number of ether oxygens (including phenoxy) is 2. The molecule has 0 aliphatic carbocycles. The molecule has 3 aromatic carbocycles. The van der Waals surface area contributed by atoms with Gasteiger partial charge < -0.3 is 19.2 Å². The minimum atomic E-state index is -0.873. The van der Waals surface area contributed by atoms with Crippen molar-refractivity contribution in [3.63, 3.8) is 0 Å². The maximum Gasteiger partial charge on any atom is 0.408 e. The summed E-state index contributed by atoms with van der Waals surface area (Å²) in [5.41, 5.74) is 0.695. The van der Waals surface area contributed by atoms with Crippen molar-refractivity contribution in [1.82, 2.24) is 5.32 Å². The molecular formula is C27H25NO6. The number of rotatable bonds is 8. The highest BCUT2D eigenvalue weighted by molar-refractivity contribution is 6.04. The maximum absolute atomic E-state index is 12.9. The average Bonchev–Trinajstić information content (AvgIpc) is 2.86. The lowest BCUT2D eigenvalue weighted by molar-refractivity contribution is -0.136. The Morgan fingerprint density at radius 2 is 1.68 bits per heavy atom. The SMILES string of the molecule is CCCC[C@@H](NC(=O)OCc1ccccc1)C(=O)Oc1ccc2c(c1)oc(=O)c1ccccc12. The van der Waals surface area contributed by atoms with E-state index in [4.69, 9.17) is 13.9 Å². The normalized spacial score (nSPS) is 11.8. The van der Waals surface area contributed by atoms with Crippen LogP contribution in [0.3, 0.4) is 0 Å². The molecule has 0 unspecified atom stereocenters. The highest BCUT2D eigenvalue weighted by atomic mass is 16.6. The third kappa shape index (κ3) is 5.43. The van der Waals surface area contributed by atoms with E-state index in [1.54, 1.807) is 24.3 Å². The topological polar surface area (TPSA) is 94.8 Å². The number of fused-ring (bicyclic) bond motifs is 3. The Hall–Kier alpha value is -4.13. The van der Waals surface area contributed by atoms with Gasteiger partial charge in [-0.1, -0.05) is 68.3 Å². The first kappa shape index (κ1) is 23.0. The molecule has 174 valence electrons. The lowest BCUT2D eigenvalue weighted by atomic mass is 10.1. The van der Waals surface area contributed by atoms with Crippen LogP contribution in [0, 0.1) is 0 Å². The second-order valence-corrected chi connectivity index (χ2v) is 7.92. The van der Waals surface area contributed by atoms with Crippen molar-refractivity contribution >= 4 is 33.8 Å². The molecule has 7 nitrogen and oxygen atoms in total. The predicted molar refractivity (Wildman–Crippen MR) is 129 cm³/mol. The monoisotopic (exact) mass is 459 g/mol. The minimum absolute atomic E-state index is 0.0971. The van der Waals surface area contributed by atoms with Crippen LogP contribution in [0.15, 0.2) is 82.0 Å². The van der Waals surface area contributed by atoms with Crippen molar-refractivity contribution < 1.29 is 23.5 Å². The fourth-order valence-electron chi connectivity index (χ4n) is 3.68. The summed E-state index contributed by atoms with van der Waals surface area (Å²) in [5, 5.41) is 4.58.